The molecule has 0 heterocycles. The van der Waals surface area contributed by atoms with Crippen LogP contribution in [0.4, 0.5) is 8.78 Å². The monoisotopic (exact) mass is 202 g/mol. The molecule has 0 aliphatic carbocycles. The standard InChI is InChI=1S/C11H16F2O/c1-4-5-11(14)7-10(9(3)13)6-8(2)12/h6,11,14H,2-5,7H2,1H3/b10-6-. The van der Waals surface area contributed by atoms with Crippen LogP contribution in [0.1, 0.15) is 26.2 Å². The van der Waals surface area contributed by atoms with Crippen LogP contribution >= 0.6 is 0 Å². The van der Waals surface area contributed by atoms with Crippen LogP contribution in [0.5, 0.6) is 0 Å². The Morgan fingerprint density at radius 2 is 2.00 bits per heavy atom. The molecule has 14 heavy (non-hydrogen) atoms. The highest BCUT2D eigenvalue weighted by atomic mass is 19.1. The molecule has 0 radical (unpaired) electrons. The molecule has 0 aromatic rings. The topological polar surface area (TPSA) is 20.2 Å². The Hall–Kier alpha value is -0.960. The third-order valence-electron chi connectivity index (χ3n) is 1.76. The molecular formula is C11H16F2O. The lowest BCUT2D eigenvalue weighted by atomic mass is 10.0. The summed E-state index contributed by atoms with van der Waals surface area (Å²) in [6.07, 6.45) is 1.73. The number of rotatable bonds is 6. The fourth-order valence-corrected chi connectivity index (χ4v) is 1.13. The van der Waals surface area contributed by atoms with Crippen molar-refractivity contribution < 1.29 is 13.9 Å². The minimum absolute atomic E-state index is 0.0680. The van der Waals surface area contributed by atoms with E-state index in [1.807, 2.05) is 6.92 Å². The van der Waals surface area contributed by atoms with Crippen LogP contribution in [-0.2, 0) is 0 Å². The number of aliphatic hydroxyl groups excluding tert-OH is 1. The molecule has 0 saturated carbocycles. The van der Waals surface area contributed by atoms with Gasteiger partial charge < -0.3 is 5.11 Å². The van der Waals surface area contributed by atoms with Gasteiger partial charge in [-0.1, -0.05) is 26.5 Å². The summed E-state index contributed by atoms with van der Waals surface area (Å²) in [6.45, 7) is 7.97. The molecule has 1 atom stereocenters. The summed E-state index contributed by atoms with van der Waals surface area (Å²) in [5, 5.41) is 9.38. The van der Waals surface area contributed by atoms with E-state index in [9.17, 15) is 13.9 Å². The lowest BCUT2D eigenvalue weighted by Gasteiger charge is -2.10. The minimum atomic E-state index is -0.734. The molecule has 0 aliphatic rings. The Morgan fingerprint density at radius 1 is 1.43 bits per heavy atom. The van der Waals surface area contributed by atoms with Crippen molar-refractivity contribution in [3.63, 3.8) is 0 Å². The van der Waals surface area contributed by atoms with Gasteiger partial charge in [0.2, 0.25) is 0 Å². The molecule has 0 amide bonds. The minimum Gasteiger partial charge on any atom is -0.393 e. The van der Waals surface area contributed by atoms with Gasteiger partial charge in [-0.3, -0.25) is 0 Å². The summed E-state index contributed by atoms with van der Waals surface area (Å²) in [5.74, 6) is -1.46. The van der Waals surface area contributed by atoms with Crippen LogP contribution in [0.2, 0.25) is 0 Å². The zero-order valence-corrected chi connectivity index (χ0v) is 8.39. The Kier molecular flexibility index (Phi) is 6.04. The lowest BCUT2D eigenvalue weighted by molar-refractivity contribution is 0.163. The predicted octanol–water partition coefficient (Wildman–Crippen LogP) is 3.43. The molecule has 0 aliphatic heterocycles. The zero-order valence-electron chi connectivity index (χ0n) is 8.39. The highest BCUT2D eigenvalue weighted by Gasteiger charge is 2.09. The van der Waals surface area contributed by atoms with Gasteiger partial charge in [0.1, 0.15) is 11.7 Å². The quantitative estimate of drug-likeness (QED) is 0.654. The average Bonchev–Trinajstić information content (AvgIpc) is 2.02. The number of aliphatic hydroxyl groups is 1. The zero-order chi connectivity index (χ0) is 11.1. The molecule has 0 aromatic heterocycles. The van der Waals surface area contributed by atoms with Crippen molar-refractivity contribution >= 4 is 0 Å². The van der Waals surface area contributed by atoms with Crippen molar-refractivity contribution in [2.45, 2.75) is 32.3 Å². The first-order chi connectivity index (χ1) is 6.47. The van der Waals surface area contributed by atoms with Crippen LogP contribution in [0.3, 0.4) is 0 Å². The molecule has 0 bridgehead atoms. The van der Waals surface area contributed by atoms with E-state index in [0.717, 1.165) is 12.5 Å². The molecule has 80 valence electrons. The fraction of sp³-hybridized carbons (Fsp3) is 0.455. The number of hydrogen-bond acceptors (Lipinski definition) is 1. The van der Waals surface area contributed by atoms with Crippen LogP contribution in [0.25, 0.3) is 0 Å². The molecule has 0 saturated heterocycles. The van der Waals surface area contributed by atoms with Gasteiger partial charge in [-0.15, -0.1) is 0 Å². The number of halogens is 2. The molecule has 0 rings (SSSR count). The Labute approximate surface area is 83.4 Å². The van der Waals surface area contributed by atoms with Gasteiger partial charge in [-0.05, 0) is 18.1 Å². The van der Waals surface area contributed by atoms with Crippen molar-refractivity contribution in [1.29, 1.82) is 0 Å². The Morgan fingerprint density at radius 3 is 2.36 bits per heavy atom. The van der Waals surface area contributed by atoms with E-state index in [-0.39, 0.29) is 12.0 Å². The summed E-state index contributed by atoms with van der Waals surface area (Å²) in [5.41, 5.74) is 0.0680. The largest absolute Gasteiger partial charge is 0.393 e. The van der Waals surface area contributed by atoms with E-state index < -0.39 is 17.8 Å². The van der Waals surface area contributed by atoms with Gasteiger partial charge in [-0.25, -0.2) is 8.78 Å². The predicted molar refractivity (Wildman–Crippen MR) is 54.1 cm³/mol. The van der Waals surface area contributed by atoms with Crippen molar-refractivity contribution in [3.05, 3.63) is 36.5 Å². The van der Waals surface area contributed by atoms with Crippen LogP contribution in [-0.4, -0.2) is 11.2 Å². The Bertz CT molecular complexity index is 244. The van der Waals surface area contributed by atoms with Gasteiger partial charge >= 0.3 is 0 Å². The first-order valence-electron chi connectivity index (χ1n) is 4.55. The average molecular weight is 202 g/mol. The van der Waals surface area contributed by atoms with Crippen molar-refractivity contribution in [1.82, 2.24) is 0 Å². The van der Waals surface area contributed by atoms with E-state index >= 15 is 0 Å². The van der Waals surface area contributed by atoms with Crippen LogP contribution in [0, 0.1) is 0 Å². The second-order valence-electron chi connectivity index (χ2n) is 3.17. The normalized spacial score (nSPS) is 13.9. The molecule has 0 fully saturated rings. The Balaban J connectivity index is 4.38. The summed E-state index contributed by atoms with van der Waals surface area (Å²) < 4.78 is 25.1. The maximum atomic E-state index is 12.7. The fourth-order valence-electron chi connectivity index (χ4n) is 1.13. The van der Waals surface area contributed by atoms with Crippen LogP contribution < -0.4 is 0 Å². The van der Waals surface area contributed by atoms with Crippen molar-refractivity contribution in [3.8, 4) is 0 Å². The first-order valence-corrected chi connectivity index (χ1v) is 4.55. The van der Waals surface area contributed by atoms with Crippen molar-refractivity contribution in [2.75, 3.05) is 0 Å². The third-order valence-corrected chi connectivity index (χ3v) is 1.76. The molecule has 1 nitrogen and oxygen atoms in total. The number of allylic oxidation sites excluding steroid dienone is 3. The molecule has 0 spiro atoms. The van der Waals surface area contributed by atoms with Gasteiger partial charge in [-0.2, -0.15) is 0 Å². The summed E-state index contributed by atoms with van der Waals surface area (Å²) in [4.78, 5) is 0. The molecule has 1 unspecified atom stereocenters. The van der Waals surface area contributed by atoms with Gasteiger partial charge in [0.15, 0.2) is 0 Å². The second-order valence-corrected chi connectivity index (χ2v) is 3.17. The van der Waals surface area contributed by atoms with E-state index in [0.29, 0.717) is 6.42 Å². The highest BCUT2D eigenvalue weighted by Crippen LogP contribution is 2.19. The molecule has 3 heteroatoms. The highest BCUT2D eigenvalue weighted by molar-refractivity contribution is 5.28. The van der Waals surface area contributed by atoms with Gasteiger partial charge in [0.25, 0.3) is 0 Å². The van der Waals surface area contributed by atoms with Gasteiger partial charge in [0.05, 0.1) is 6.10 Å². The van der Waals surface area contributed by atoms with E-state index in [1.165, 1.54) is 0 Å². The van der Waals surface area contributed by atoms with Gasteiger partial charge in [0, 0.05) is 6.42 Å². The lowest BCUT2D eigenvalue weighted by Crippen LogP contribution is -2.07. The van der Waals surface area contributed by atoms with E-state index in [4.69, 9.17) is 0 Å². The number of hydrogen-bond donors (Lipinski definition) is 1. The van der Waals surface area contributed by atoms with E-state index in [1.54, 1.807) is 0 Å². The maximum absolute atomic E-state index is 12.7. The van der Waals surface area contributed by atoms with E-state index in [2.05, 4.69) is 13.2 Å². The van der Waals surface area contributed by atoms with Crippen molar-refractivity contribution in [2.24, 2.45) is 0 Å². The smallest absolute Gasteiger partial charge is 0.119 e. The SMILES string of the molecule is C=C(F)/C=C(/CC(O)CCC)C(=C)F. The summed E-state index contributed by atoms with van der Waals surface area (Å²) in [6, 6.07) is 0. The summed E-state index contributed by atoms with van der Waals surface area (Å²) >= 11 is 0. The molecule has 1 N–H and O–H groups in total. The summed E-state index contributed by atoms with van der Waals surface area (Å²) in [7, 11) is 0. The maximum Gasteiger partial charge on any atom is 0.119 e. The van der Waals surface area contributed by atoms with Crippen LogP contribution in [0.15, 0.2) is 36.5 Å². The third kappa shape index (κ3) is 5.65. The first kappa shape index (κ1) is 13.0. The second kappa shape index (κ2) is 6.49. The molecule has 0 aromatic carbocycles. The molecular weight excluding hydrogens is 186 g/mol.